The highest BCUT2D eigenvalue weighted by molar-refractivity contribution is 7.22. The average molecular weight is 408 g/mol. The number of rotatable bonds is 5. The Morgan fingerprint density at radius 1 is 1.39 bits per heavy atom. The van der Waals surface area contributed by atoms with Gasteiger partial charge in [-0.1, -0.05) is 11.3 Å². The van der Waals surface area contributed by atoms with Gasteiger partial charge in [-0.3, -0.25) is 0 Å². The number of aromatic nitrogens is 1. The fraction of sp³-hybridized carbons (Fsp3) is 0.600. The van der Waals surface area contributed by atoms with Crippen LogP contribution >= 0.6 is 11.3 Å². The predicted octanol–water partition coefficient (Wildman–Crippen LogP) is 3.90. The molecule has 2 N–H and O–H groups in total. The van der Waals surface area contributed by atoms with Gasteiger partial charge in [0, 0.05) is 13.1 Å². The maximum absolute atomic E-state index is 11.8. The zero-order valence-electron chi connectivity index (χ0n) is 16.9. The molecule has 1 saturated heterocycles. The molecule has 0 radical (unpaired) electrons. The van der Waals surface area contributed by atoms with Gasteiger partial charge in [0.2, 0.25) is 0 Å². The van der Waals surface area contributed by atoms with Crippen molar-refractivity contribution in [3.05, 3.63) is 18.2 Å². The Kier molecular flexibility index (Phi) is 6.30. The van der Waals surface area contributed by atoms with Crippen molar-refractivity contribution in [2.45, 2.75) is 58.3 Å². The summed E-state index contributed by atoms with van der Waals surface area (Å²) in [6, 6.07) is 5.16. The molecule has 0 aliphatic carbocycles. The summed E-state index contributed by atoms with van der Waals surface area (Å²) in [6.45, 7) is 9.66. The van der Waals surface area contributed by atoms with Crippen molar-refractivity contribution in [2.75, 3.05) is 24.6 Å². The van der Waals surface area contributed by atoms with Gasteiger partial charge in [-0.25, -0.2) is 9.78 Å². The average Bonchev–Trinajstić information content (AvgIpc) is 3.01. The maximum atomic E-state index is 11.8. The molecular formula is C20H29N3O4S. The number of phenols is 1. The molecule has 1 aliphatic heterocycles. The van der Waals surface area contributed by atoms with Gasteiger partial charge < -0.3 is 24.8 Å². The zero-order valence-corrected chi connectivity index (χ0v) is 17.7. The largest absolute Gasteiger partial charge is 0.508 e. The van der Waals surface area contributed by atoms with E-state index in [1.165, 1.54) is 0 Å². The second-order valence-electron chi connectivity index (χ2n) is 8.22. The van der Waals surface area contributed by atoms with Crippen molar-refractivity contribution >= 4 is 32.8 Å². The summed E-state index contributed by atoms with van der Waals surface area (Å²) in [4.78, 5) is 18.7. The Balaban J connectivity index is 1.43. The molecule has 2 aromatic rings. The topological polar surface area (TPSA) is 83.9 Å². The van der Waals surface area contributed by atoms with Crippen molar-refractivity contribution in [1.29, 1.82) is 0 Å². The van der Waals surface area contributed by atoms with Crippen LogP contribution in [0.4, 0.5) is 9.93 Å². The molecule has 3 rings (SSSR count). The molecular weight excluding hydrogens is 378 g/mol. The molecule has 1 amide bonds. The number of carbonyl (C=O) groups is 1. The summed E-state index contributed by atoms with van der Waals surface area (Å²) in [5, 5.41) is 13.4. The molecule has 154 valence electrons. The van der Waals surface area contributed by atoms with Crippen LogP contribution in [-0.4, -0.2) is 53.6 Å². The Morgan fingerprint density at radius 2 is 2.11 bits per heavy atom. The van der Waals surface area contributed by atoms with E-state index >= 15 is 0 Å². The Hall–Kier alpha value is -2.06. The number of aromatic hydroxyl groups is 1. The highest BCUT2D eigenvalue weighted by Gasteiger charge is 2.23. The number of anilines is 1. The van der Waals surface area contributed by atoms with E-state index in [2.05, 4.69) is 15.2 Å². The standard InChI is InChI=1S/C20H29N3O4S/c1-13(21-19(25)27-20(2,3)4)12-26-15-7-9-23(10-8-15)18-22-16-6-5-14(24)11-17(16)28-18/h5-6,11,13,15,24H,7-10,12H2,1-4H3,(H,21,25)/t13-/m0/s1. The minimum atomic E-state index is -0.503. The number of nitrogens with one attached hydrogen (secondary N) is 1. The predicted molar refractivity (Wildman–Crippen MR) is 111 cm³/mol. The molecule has 28 heavy (non-hydrogen) atoms. The van der Waals surface area contributed by atoms with Crippen LogP contribution in [0.3, 0.4) is 0 Å². The molecule has 1 aromatic heterocycles. The van der Waals surface area contributed by atoms with E-state index in [4.69, 9.17) is 9.47 Å². The van der Waals surface area contributed by atoms with Crippen LogP contribution in [0.15, 0.2) is 18.2 Å². The number of hydrogen-bond donors (Lipinski definition) is 2. The molecule has 1 fully saturated rings. The van der Waals surface area contributed by atoms with Gasteiger partial charge in [0.15, 0.2) is 5.13 Å². The lowest BCUT2D eigenvalue weighted by molar-refractivity contribution is 0.0182. The van der Waals surface area contributed by atoms with Crippen LogP contribution in [0.1, 0.15) is 40.5 Å². The van der Waals surface area contributed by atoms with Gasteiger partial charge in [-0.05, 0) is 58.7 Å². The number of fused-ring (bicyclic) bond motifs is 1. The number of amides is 1. The van der Waals surface area contributed by atoms with Gasteiger partial charge in [-0.2, -0.15) is 0 Å². The lowest BCUT2D eigenvalue weighted by Crippen LogP contribution is -2.42. The monoisotopic (exact) mass is 407 g/mol. The third kappa shape index (κ3) is 5.72. The number of phenolic OH excluding ortho intramolecular Hbond substituents is 1. The first kappa shape index (κ1) is 20.7. The van der Waals surface area contributed by atoms with E-state index in [1.54, 1.807) is 23.5 Å². The minimum Gasteiger partial charge on any atom is -0.508 e. The van der Waals surface area contributed by atoms with E-state index in [0.29, 0.717) is 6.61 Å². The number of alkyl carbamates (subject to hydrolysis) is 1. The Morgan fingerprint density at radius 3 is 2.79 bits per heavy atom. The first-order valence-electron chi connectivity index (χ1n) is 9.65. The van der Waals surface area contributed by atoms with Crippen molar-refractivity contribution in [3.63, 3.8) is 0 Å². The highest BCUT2D eigenvalue weighted by atomic mass is 32.1. The van der Waals surface area contributed by atoms with Gasteiger partial charge in [0.1, 0.15) is 11.4 Å². The van der Waals surface area contributed by atoms with Crippen LogP contribution < -0.4 is 10.2 Å². The lowest BCUT2D eigenvalue weighted by Gasteiger charge is -2.32. The van der Waals surface area contributed by atoms with Crippen LogP contribution in [-0.2, 0) is 9.47 Å². The van der Waals surface area contributed by atoms with Crippen LogP contribution in [0.25, 0.3) is 10.2 Å². The maximum Gasteiger partial charge on any atom is 0.407 e. The highest BCUT2D eigenvalue weighted by Crippen LogP contribution is 2.32. The summed E-state index contributed by atoms with van der Waals surface area (Å²) in [5.74, 6) is 0.268. The quantitative estimate of drug-likeness (QED) is 0.782. The number of thiazole rings is 1. The van der Waals surface area contributed by atoms with Crippen LogP contribution in [0, 0.1) is 0 Å². The van der Waals surface area contributed by atoms with Gasteiger partial charge in [-0.15, -0.1) is 0 Å². The Labute approximate surface area is 169 Å². The molecule has 7 nitrogen and oxygen atoms in total. The number of piperidine rings is 1. The van der Waals surface area contributed by atoms with Crippen molar-refractivity contribution in [2.24, 2.45) is 0 Å². The first-order chi connectivity index (χ1) is 13.2. The van der Waals surface area contributed by atoms with Gasteiger partial charge in [0.25, 0.3) is 0 Å². The smallest absolute Gasteiger partial charge is 0.407 e. The summed E-state index contributed by atoms with van der Waals surface area (Å²) in [7, 11) is 0. The molecule has 1 atom stereocenters. The molecule has 0 bridgehead atoms. The molecule has 1 aromatic carbocycles. The second-order valence-corrected chi connectivity index (χ2v) is 9.22. The lowest BCUT2D eigenvalue weighted by atomic mass is 10.1. The first-order valence-corrected chi connectivity index (χ1v) is 10.5. The van der Waals surface area contributed by atoms with Gasteiger partial charge >= 0.3 is 6.09 Å². The van der Waals surface area contributed by atoms with E-state index in [1.807, 2.05) is 33.8 Å². The van der Waals surface area contributed by atoms with Crippen LogP contribution in [0.2, 0.25) is 0 Å². The molecule has 1 aliphatic rings. The fourth-order valence-corrected chi connectivity index (χ4v) is 4.13. The molecule has 0 saturated carbocycles. The van der Waals surface area contributed by atoms with Crippen LogP contribution in [0.5, 0.6) is 5.75 Å². The SMILES string of the molecule is C[C@@H](COC1CCN(c2nc3ccc(O)cc3s2)CC1)NC(=O)OC(C)(C)C. The van der Waals surface area contributed by atoms with Crippen molar-refractivity contribution in [1.82, 2.24) is 10.3 Å². The molecule has 2 heterocycles. The second kappa shape index (κ2) is 8.53. The zero-order chi connectivity index (χ0) is 20.3. The van der Waals surface area contributed by atoms with Crippen molar-refractivity contribution < 1.29 is 19.4 Å². The minimum absolute atomic E-state index is 0.107. The number of ether oxygens (including phenoxy) is 2. The summed E-state index contributed by atoms with van der Waals surface area (Å²) in [6.07, 6.45) is 1.60. The summed E-state index contributed by atoms with van der Waals surface area (Å²) in [5.41, 5.74) is 0.412. The van der Waals surface area contributed by atoms with Crippen molar-refractivity contribution in [3.8, 4) is 5.75 Å². The third-order valence-electron chi connectivity index (χ3n) is 4.42. The van der Waals surface area contributed by atoms with E-state index in [-0.39, 0.29) is 17.9 Å². The number of benzene rings is 1. The number of nitrogens with zero attached hydrogens (tertiary/aromatic N) is 2. The molecule has 8 heteroatoms. The fourth-order valence-electron chi connectivity index (χ4n) is 3.08. The van der Waals surface area contributed by atoms with E-state index in [0.717, 1.165) is 41.3 Å². The molecule has 0 unspecified atom stereocenters. The molecule has 0 spiro atoms. The third-order valence-corrected chi connectivity index (χ3v) is 5.50. The Bertz CT molecular complexity index is 809. The number of hydrogen-bond acceptors (Lipinski definition) is 7. The van der Waals surface area contributed by atoms with Gasteiger partial charge in [0.05, 0.1) is 29.0 Å². The van der Waals surface area contributed by atoms with E-state index < -0.39 is 11.7 Å². The van der Waals surface area contributed by atoms with E-state index in [9.17, 15) is 9.90 Å². The number of carbonyl (C=O) groups excluding carboxylic acids is 1. The summed E-state index contributed by atoms with van der Waals surface area (Å²) >= 11 is 1.60. The normalized spacial score (nSPS) is 16.9. The summed E-state index contributed by atoms with van der Waals surface area (Å²) < 4.78 is 12.2.